The van der Waals surface area contributed by atoms with E-state index in [1.165, 1.54) is 11.3 Å². The van der Waals surface area contributed by atoms with E-state index >= 15 is 0 Å². The highest BCUT2D eigenvalue weighted by Crippen LogP contribution is 2.31. The summed E-state index contributed by atoms with van der Waals surface area (Å²) in [7, 11) is 0. The molecule has 3 N–H and O–H groups in total. The van der Waals surface area contributed by atoms with Crippen LogP contribution in [0.5, 0.6) is 0 Å². The van der Waals surface area contributed by atoms with Gasteiger partial charge in [0.25, 0.3) is 0 Å². The quantitative estimate of drug-likeness (QED) is 0.747. The van der Waals surface area contributed by atoms with Crippen LogP contribution in [0.2, 0.25) is 0 Å². The second-order valence-electron chi connectivity index (χ2n) is 3.97. The number of hydrogen-bond acceptors (Lipinski definition) is 4. The highest BCUT2D eigenvalue weighted by atomic mass is 32.1. The summed E-state index contributed by atoms with van der Waals surface area (Å²) in [5.74, 6) is -0.965. The Morgan fingerprint density at radius 3 is 2.76 bits per heavy atom. The number of rotatable bonds is 4. The van der Waals surface area contributed by atoms with Gasteiger partial charge in [0.15, 0.2) is 0 Å². The number of urea groups is 1. The number of nitrogens with one attached hydrogen (secondary N) is 2. The number of nitrogens with zero attached hydrogens (tertiary/aromatic N) is 1. The minimum Gasteiger partial charge on any atom is -0.480 e. The summed E-state index contributed by atoms with van der Waals surface area (Å²) in [6.45, 7) is 0.319. The number of aliphatic carboxylic acids is 1. The molecule has 6 nitrogen and oxygen atoms in total. The topological polar surface area (TPSA) is 91.3 Å². The molecule has 7 heteroatoms. The maximum absolute atomic E-state index is 11.5. The third-order valence-electron chi connectivity index (χ3n) is 2.85. The van der Waals surface area contributed by atoms with Crippen LogP contribution in [-0.4, -0.2) is 27.6 Å². The van der Waals surface area contributed by atoms with Gasteiger partial charge in [0.1, 0.15) is 10.5 Å². The van der Waals surface area contributed by atoms with E-state index in [4.69, 9.17) is 5.11 Å². The van der Waals surface area contributed by atoms with Gasteiger partial charge in [-0.3, -0.25) is 0 Å². The Morgan fingerprint density at radius 1 is 1.53 bits per heavy atom. The second kappa shape index (κ2) is 4.70. The van der Waals surface area contributed by atoms with Crippen LogP contribution in [0.25, 0.3) is 0 Å². The van der Waals surface area contributed by atoms with Crippen molar-refractivity contribution in [2.75, 3.05) is 0 Å². The summed E-state index contributed by atoms with van der Waals surface area (Å²) in [5, 5.41) is 16.8. The van der Waals surface area contributed by atoms with Crippen LogP contribution in [0, 0.1) is 0 Å². The number of thiazole rings is 1. The van der Waals surface area contributed by atoms with Crippen LogP contribution in [0.4, 0.5) is 4.79 Å². The van der Waals surface area contributed by atoms with E-state index in [1.807, 2.05) is 5.38 Å². The molecule has 1 aromatic heterocycles. The van der Waals surface area contributed by atoms with Crippen LogP contribution in [0.15, 0.2) is 11.6 Å². The highest BCUT2D eigenvalue weighted by Gasteiger charge is 2.45. The normalized spacial score (nSPS) is 16.9. The first-order valence-corrected chi connectivity index (χ1v) is 6.18. The first kappa shape index (κ1) is 11.8. The first-order chi connectivity index (χ1) is 8.12. The van der Waals surface area contributed by atoms with Gasteiger partial charge in [-0.05, 0) is 19.3 Å². The fourth-order valence-electron chi connectivity index (χ4n) is 1.68. The Morgan fingerprint density at radius 2 is 2.29 bits per heavy atom. The van der Waals surface area contributed by atoms with Crippen molar-refractivity contribution in [2.45, 2.75) is 31.3 Å². The van der Waals surface area contributed by atoms with Crippen molar-refractivity contribution < 1.29 is 14.7 Å². The lowest BCUT2D eigenvalue weighted by Gasteiger charge is -2.38. The molecule has 0 aromatic carbocycles. The van der Waals surface area contributed by atoms with Crippen LogP contribution in [0.3, 0.4) is 0 Å². The number of aromatic nitrogens is 1. The predicted molar refractivity (Wildman–Crippen MR) is 61.7 cm³/mol. The third kappa shape index (κ3) is 2.55. The summed E-state index contributed by atoms with van der Waals surface area (Å²) >= 11 is 1.44. The zero-order chi connectivity index (χ0) is 12.3. The molecule has 1 heterocycles. The van der Waals surface area contributed by atoms with Gasteiger partial charge < -0.3 is 15.7 Å². The standard InChI is InChI=1S/C10H13N3O3S/c14-8(15)10(2-1-3-10)13-9(16)12-6-7-11-4-5-17-7/h4-5H,1-3,6H2,(H,14,15)(H2,12,13,16). The summed E-state index contributed by atoms with van der Waals surface area (Å²) in [5.41, 5.74) is -1.06. The maximum atomic E-state index is 11.5. The van der Waals surface area contributed by atoms with Crippen LogP contribution in [0.1, 0.15) is 24.3 Å². The Bertz CT molecular complexity index is 414. The van der Waals surface area contributed by atoms with Crippen molar-refractivity contribution in [3.8, 4) is 0 Å². The SMILES string of the molecule is O=C(NCc1nccs1)NC1(C(=O)O)CCC1. The minimum absolute atomic E-state index is 0.319. The van der Waals surface area contributed by atoms with E-state index in [1.54, 1.807) is 6.20 Å². The van der Waals surface area contributed by atoms with E-state index in [9.17, 15) is 9.59 Å². The molecular weight excluding hydrogens is 242 g/mol. The van der Waals surface area contributed by atoms with Crippen molar-refractivity contribution in [1.29, 1.82) is 0 Å². The van der Waals surface area contributed by atoms with E-state index in [0.29, 0.717) is 19.4 Å². The van der Waals surface area contributed by atoms with Gasteiger partial charge in [-0.15, -0.1) is 11.3 Å². The molecule has 0 aliphatic heterocycles. The van der Waals surface area contributed by atoms with E-state index < -0.39 is 17.5 Å². The highest BCUT2D eigenvalue weighted by molar-refractivity contribution is 7.09. The fourth-order valence-corrected chi connectivity index (χ4v) is 2.24. The zero-order valence-corrected chi connectivity index (χ0v) is 9.92. The maximum Gasteiger partial charge on any atom is 0.329 e. The van der Waals surface area contributed by atoms with E-state index in [-0.39, 0.29) is 0 Å². The lowest BCUT2D eigenvalue weighted by atomic mass is 9.77. The summed E-state index contributed by atoms with van der Waals surface area (Å²) in [6, 6.07) is -0.456. The van der Waals surface area contributed by atoms with Crippen LogP contribution >= 0.6 is 11.3 Å². The molecule has 1 aliphatic rings. The van der Waals surface area contributed by atoms with Gasteiger partial charge in [0.05, 0.1) is 6.54 Å². The molecule has 2 rings (SSSR count). The van der Waals surface area contributed by atoms with Gasteiger partial charge >= 0.3 is 12.0 Å². The van der Waals surface area contributed by atoms with E-state index in [0.717, 1.165) is 11.4 Å². The van der Waals surface area contributed by atoms with Crippen molar-refractivity contribution in [2.24, 2.45) is 0 Å². The van der Waals surface area contributed by atoms with Gasteiger partial charge in [-0.1, -0.05) is 0 Å². The molecule has 0 unspecified atom stereocenters. The molecular formula is C10H13N3O3S. The zero-order valence-electron chi connectivity index (χ0n) is 9.10. The molecule has 92 valence electrons. The Kier molecular flexibility index (Phi) is 3.28. The van der Waals surface area contributed by atoms with Gasteiger partial charge in [-0.2, -0.15) is 0 Å². The van der Waals surface area contributed by atoms with Gasteiger partial charge in [-0.25, -0.2) is 14.6 Å². The van der Waals surface area contributed by atoms with Crippen LogP contribution in [-0.2, 0) is 11.3 Å². The number of carboxylic acids is 1. The molecule has 1 aliphatic carbocycles. The summed E-state index contributed by atoms with van der Waals surface area (Å²) in [4.78, 5) is 26.6. The van der Waals surface area contributed by atoms with Gasteiger partial charge in [0.2, 0.25) is 0 Å². The largest absolute Gasteiger partial charge is 0.480 e. The summed E-state index contributed by atoms with van der Waals surface area (Å²) in [6.07, 6.45) is 3.48. The Hall–Kier alpha value is -1.63. The molecule has 0 atom stereocenters. The molecule has 0 spiro atoms. The molecule has 0 saturated heterocycles. The smallest absolute Gasteiger partial charge is 0.329 e. The number of amides is 2. The molecule has 1 aromatic rings. The monoisotopic (exact) mass is 255 g/mol. The lowest BCUT2D eigenvalue weighted by Crippen LogP contribution is -2.61. The lowest BCUT2D eigenvalue weighted by molar-refractivity contribution is -0.148. The van der Waals surface area contributed by atoms with Crippen molar-refractivity contribution in [1.82, 2.24) is 15.6 Å². The van der Waals surface area contributed by atoms with Crippen molar-refractivity contribution in [3.63, 3.8) is 0 Å². The van der Waals surface area contributed by atoms with Crippen molar-refractivity contribution >= 4 is 23.3 Å². The summed E-state index contributed by atoms with van der Waals surface area (Å²) < 4.78 is 0. The average molecular weight is 255 g/mol. The molecule has 2 amide bonds. The van der Waals surface area contributed by atoms with E-state index in [2.05, 4.69) is 15.6 Å². The first-order valence-electron chi connectivity index (χ1n) is 5.30. The predicted octanol–water partition coefficient (Wildman–Crippen LogP) is 0.950. The number of carboxylic acid groups (broad SMARTS) is 1. The molecule has 17 heavy (non-hydrogen) atoms. The Balaban J connectivity index is 1.83. The van der Waals surface area contributed by atoms with Gasteiger partial charge in [0, 0.05) is 11.6 Å². The molecule has 0 bridgehead atoms. The number of carbonyl (C=O) groups is 2. The fraction of sp³-hybridized carbons (Fsp3) is 0.500. The second-order valence-corrected chi connectivity index (χ2v) is 4.95. The number of carbonyl (C=O) groups excluding carboxylic acids is 1. The van der Waals surface area contributed by atoms with Crippen molar-refractivity contribution in [3.05, 3.63) is 16.6 Å². The Labute approximate surface area is 102 Å². The number of hydrogen-bond donors (Lipinski definition) is 3. The average Bonchev–Trinajstić information content (AvgIpc) is 2.72. The minimum atomic E-state index is -1.06. The molecule has 1 saturated carbocycles. The van der Waals surface area contributed by atoms with Crippen LogP contribution < -0.4 is 10.6 Å². The molecule has 1 fully saturated rings. The molecule has 0 radical (unpaired) electrons. The third-order valence-corrected chi connectivity index (χ3v) is 3.63.